The Kier molecular flexibility index (Phi) is 2.95. The van der Waals surface area contributed by atoms with Crippen LogP contribution >= 0.6 is 0 Å². The average Bonchev–Trinajstić information content (AvgIpc) is 2.96. The first-order valence-corrected chi connectivity index (χ1v) is 5.75. The molecule has 0 aliphatic heterocycles. The summed E-state index contributed by atoms with van der Waals surface area (Å²) in [5, 5.41) is 19.3. The van der Waals surface area contributed by atoms with Crippen LogP contribution in [-0.2, 0) is 7.05 Å². The van der Waals surface area contributed by atoms with Crippen LogP contribution in [0.2, 0.25) is 0 Å². The highest BCUT2D eigenvalue weighted by atomic mass is 16.4. The highest BCUT2D eigenvalue weighted by molar-refractivity contribution is 5.80. The third kappa shape index (κ3) is 2.69. The molecule has 1 heterocycles. The summed E-state index contributed by atoms with van der Waals surface area (Å²) in [5.41, 5.74) is 7.77. The Morgan fingerprint density at radius 2 is 2.41 bits per heavy atom. The molecule has 0 spiro atoms. The Morgan fingerprint density at radius 1 is 1.71 bits per heavy atom. The standard InChI is InChI=1S/C11H19N5O/c1-8-9(6-16(2)14-8)13-7-11(3-4-11)5-10(12)15-17/h6,13,17H,3-5,7H2,1-2H3,(H2,12,15). The Balaban J connectivity index is 1.92. The molecule has 1 aromatic rings. The second kappa shape index (κ2) is 4.27. The molecule has 1 fully saturated rings. The van der Waals surface area contributed by atoms with Gasteiger partial charge in [0.2, 0.25) is 0 Å². The molecule has 17 heavy (non-hydrogen) atoms. The summed E-state index contributed by atoms with van der Waals surface area (Å²) >= 11 is 0. The van der Waals surface area contributed by atoms with Gasteiger partial charge in [0, 0.05) is 26.2 Å². The lowest BCUT2D eigenvalue weighted by atomic mass is 10.0. The van der Waals surface area contributed by atoms with Gasteiger partial charge in [0.25, 0.3) is 0 Å². The highest BCUT2D eigenvalue weighted by Crippen LogP contribution is 2.48. The lowest BCUT2D eigenvalue weighted by molar-refractivity contribution is 0.315. The molecule has 0 bridgehead atoms. The molecule has 1 aliphatic carbocycles. The molecule has 6 heteroatoms. The maximum Gasteiger partial charge on any atom is 0.139 e. The van der Waals surface area contributed by atoms with Gasteiger partial charge in [0.05, 0.1) is 11.4 Å². The number of oxime groups is 1. The van der Waals surface area contributed by atoms with E-state index in [-0.39, 0.29) is 5.41 Å². The Labute approximate surface area is 100 Å². The summed E-state index contributed by atoms with van der Waals surface area (Å²) in [5.74, 6) is 0.312. The summed E-state index contributed by atoms with van der Waals surface area (Å²) in [4.78, 5) is 0. The maximum atomic E-state index is 8.59. The van der Waals surface area contributed by atoms with Crippen LogP contribution in [0.3, 0.4) is 0 Å². The zero-order valence-corrected chi connectivity index (χ0v) is 10.3. The van der Waals surface area contributed by atoms with Gasteiger partial charge in [-0.15, -0.1) is 0 Å². The number of amidine groups is 1. The predicted molar refractivity (Wildman–Crippen MR) is 66.1 cm³/mol. The van der Waals surface area contributed by atoms with Crippen LogP contribution in [0, 0.1) is 12.3 Å². The third-order valence-corrected chi connectivity index (χ3v) is 3.31. The van der Waals surface area contributed by atoms with Crippen molar-refractivity contribution in [2.24, 2.45) is 23.4 Å². The molecule has 1 aliphatic rings. The number of hydrogen-bond acceptors (Lipinski definition) is 4. The van der Waals surface area contributed by atoms with Crippen molar-refractivity contribution in [2.45, 2.75) is 26.2 Å². The fourth-order valence-electron chi connectivity index (χ4n) is 2.07. The smallest absolute Gasteiger partial charge is 0.139 e. The van der Waals surface area contributed by atoms with E-state index in [1.54, 1.807) is 4.68 Å². The lowest BCUT2D eigenvalue weighted by Gasteiger charge is -2.15. The van der Waals surface area contributed by atoms with Gasteiger partial charge in [0.15, 0.2) is 0 Å². The van der Waals surface area contributed by atoms with E-state index in [0.29, 0.717) is 12.3 Å². The normalized spacial score (nSPS) is 18.1. The number of nitrogens with zero attached hydrogens (tertiary/aromatic N) is 3. The van der Waals surface area contributed by atoms with Gasteiger partial charge in [-0.2, -0.15) is 5.10 Å². The fourth-order valence-corrected chi connectivity index (χ4v) is 2.07. The molecule has 0 aromatic carbocycles. The predicted octanol–water partition coefficient (Wildman–Crippen LogP) is 1.06. The summed E-state index contributed by atoms with van der Waals surface area (Å²) in [6.45, 7) is 2.82. The number of anilines is 1. The molecule has 4 N–H and O–H groups in total. The molecular formula is C11H19N5O. The van der Waals surface area contributed by atoms with E-state index in [1.165, 1.54) is 0 Å². The summed E-state index contributed by atoms with van der Waals surface area (Å²) < 4.78 is 1.79. The number of nitrogens with one attached hydrogen (secondary N) is 1. The van der Waals surface area contributed by atoms with Crippen LogP contribution in [0.4, 0.5) is 5.69 Å². The van der Waals surface area contributed by atoms with Crippen molar-refractivity contribution >= 4 is 11.5 Å². The van der Waals surface area contributed by atoms with Crippen LogP contribution in [0.15, 0.2) is 11.4 Å². The van der Waals surface area contributed by atoms with E-state index >= 15 is 0 Å². The molecule has 0 radical (unpaired) electrons. The number of aryl methyl sites for hydroxylation is 2. The third-order valence-electron chi connectivity index (χ3n) is 3.31. The van der Waals surface area contributed by atoms with Crippen LogP contribution in [0.25, 0.3) is 0 Å². The van der Waals surface area contributed by atoms with Crippen molar-refractivity contribution < 1.29 is 5.21 Å². The van der Waals surface area contributed by atoms with E-state index in [0.717, 1.165) is 30.8 Å². The van der Waals surface area contributed by atoms with E-state index < -0.39 is 0 Å². The van der Waals surface area contributed by atoms with Gasteiger partial charge in [-0.05, 0) is 25.2 Å². The van der Waals surface area contributed by atoms with Crippen molar-refractivity contribution in [3.8, 4) is 0 Å². The van der Waals surface area contributed by atoms with Crippen molar-refractivity contribution in [2.75, 3.05) is 11.9 Å². The molecular weight excluding hydrogens is 218 g/mol. The van der Waals surface area contributed by atoms with Crippen molar-refractivity contribution in [3.05, 3.63) is 11.9 Å². The second-order valence-corrected chi connectivity index (χ2v) is 4.92. The monoisotopic (exact) mass is 237 g/mol. The quantitative estimate of drug-likeness (QED) is 0.309. The SMILES string of the molecule is Cc1nn(C)cc1NCC1(C/C(N)=N/O)CC1. The van der Waals surface area contributed by atoms with Crippen LogP contribution < -0.4 is 11.1 Å². The molecule has 1 aromatic heterocycles. The van der Waals surface area contributed by atoms with Gasteiger partial charge in [-0.3, -0.25) is 4.68 Å². The van der Waals surface area contributed by atoms with E-state index in [9.17, 15) is 0 Å². The van der Waals surface area contributed by atoms with E-state index in [4.69, 9.17) is 10.9 Å². The van der Waals surface area contributed by atoms with Gasteiger partial charge < -0.3 is 16.3 Å². The minimum absolute atomic E-state index is 0.165. The Bertz CT molecular complexity index is 433. The summed E-state index contributed by atoms with van der Waals surface area (Å²) in [6, 6.07) is 0. The molecule has 0 atom stereocenters. The average molecular weight is 237 g/mol. The zero-order valence-electron chi connectivity index (χ0n) is 10.3. The number of rotatable bonds is 5. The maximum absolute atomic E-state index is 8.59. The first kappa shape index (κ1) is 11.8. The fraction of sp³-hybridized carbons (Fsp3) is 0.636. The molecule has 0 saturated heterocycles. The summed E-state index contributed by atoms with van der Waals surface area (Å²) in [7, 11) is 1.90. The highest BCUT2D eigenvalue weighted by Gasteiger charge is 2.43. The first-order valence-electron chi connectivity index (χ1n) is 5.75. The van der Waals surface area contributed by atoms with Gasteiger partial charge in [0.1, 0.15) is 5.84 Å². The van der Waals surface area contributed by atoms with Crippen molar-refractivity contribution in [1.29, 1.82) is 0 Å². The Hall–Kier alpha value is -1.72. The van der Waals surface area contributed by atoms with Gasteiger partial charge >= 0.3 is 0 Å². The molecule has 2 rings (SSSR count). The van der Waals surface area contributed by atoms with Crippen LogP contribution in [-0.4, -0.2) is 27.4 Å². The van der Waals surface area contributed by atoms with Crippen molar-refractivity contribution in [3.63, 3.8) is 0 Å². The van der Waals surface area contributed by atoms with Crippen LogP contribution in [0.5, 0.6) is 0 Å². The summed E-state index contributed by atoms with van der Waals surface area (Å²) in [6.07, 6.45) is 4.86. The number of hydrogen-bond donors (Lipinski definition) is 3. The lowest BCUT2D eigenvalue weighted by Crippen LogP contribution is -2.23. The number of nitrogens with two attached hydrogens (primary N) is 1. The number of aromatic nitrogens is 2. The first-order chi connectivity index (χ1) is 8.04. The molecule has 94 valence electrons. The second-order valence-electron chi connectivity index (χ2n) is 4.92. The van der Waals surface area contributed by atoms with E-state index in [2.05, 4.69) is 15.6 Å². The Morgan fingerprint density at radius 3 is 2.88 bits per heavy atom. The molecule has 6 nitrogen and oxygen atoms in total. The van der Waals surface area contributed by atoms with E-state index in [1.807, 2.05) is 20.2 Å². The molecule has 0 amide bonds. The molecule has 0 unspecified atom stereocenters. The minimum Gasteiger partial charge on any atom is -0.409 e. The van der Waals surface area contributed by atoms with Gasteiger partial charge in [-0.25, -0.2) is 0 Å². The molecule has 1 saturated carbocycles. The van der Waals surface area contributed by atoms with Crippen molar-refractivity contribution in [1.82, 2.24) is 9.78 Å². The van der Waals surface area contributed by atoms with Crippen LogP contribution in [0.1, 0.15) is 25.0 Å². The largest absolute Gasteiger partial charge is 0.409 e. The minimum atomic E-state index is 0.165. The van der Waals surface area contributed by atoms with Gasteiger partial charge in [-0.1, -0.05) is 5.16 Å². The topological polar surface area (TPSA) is 88.5 Å². The zero-order chi connectivity index (χ0) is 12.5.